The first-order valence-electron chi connectivity index (χ1n) is 2.92. The van der Waals surface area contributed by atoms with E-state index in [1.807, 2.05) is 0 Å². The smallest absolute Gasteiger partial charge is 0.281 e. The Labute approximate surface area is 86.3 Å². The minimum atomic E-state index is -2.62. The average molecular weight is 304 g/mol. The van der Waals surface area contributed by atoms with Gasteiger partial charge in [-0.15, -0.1) is 0 Å². The summed E-state index contributed by atoms with van der Waals surface area (Å²) >= 11 is 7.19. The van der Waals surface area contributed by atoms with E-state index in [4.69, 9.17) is 17.3 Å². The Bertz CT molecular complexity index is 306. The summed E-state index contributed by atoms with van der Waals surface area (Å²) in [7, 11) is 0. The molecule has 1 rings (SSSR count). The van der Waals surface area contributed by atoms with Gasteiger partial charge in [0.05, 0.1) is 5.69 Å². The predicted molar refractivity (Wildman–Crippen MR) is 51.3 cm³/mol. The second kappa shape index (κ2) is 3.69. The van der Waals surface area contributed by atoms with Gasteiger partial charge in [-0.3, -0.25) is 0 Å². The molecule has 0 aliphatic rings. The van der Waals surface area contributed by atoms with E-state index in [-0.39, 0.29) is 16.5 Å². The molecular formula is C6H4ClF2IN2. The molecule has 1 aromatic rings. The van der Waals surface area contributed by atoms with Gasteiger partial charge in [0.15, 0.2) is 5.15 Å². The van der Waals surface area contributed by atoms with E-state index in [1.165, 1.54) is 6.07 Å². The van der Waals surface area contributed by atoms with Crippen LogP contribution in [0.5, 0.6) is 0 Å². The summed E-state index contributed by atoms with van der Waals surface area (Å²) < 4.78 is 24.7. The Kier molecular flexibility index (Phi) is 3.05. The Morgan fingerprint density at radius 1 is 1.58 bits per heavy atom. The number of nitrogens with two attached hydrogens (primary N) is 1. The average Bonchev–Trinajstić information content (AvgIpc) is 1.96. The third-order valence-electron chi connectivity index (χ3n) is 1.19. The molecular weight excluding hydrogens is 300 g/mol. The van der Waals surface area contributed by atoms with E-state index >= 15 is 0 Å². The monoisotopic (exact) mass is 304 g/mol. The quantitative estimate of drug-likeness (QED) is 0.640. The molecule has 0 aromatic carbocycles. The van der Waals surface area contributed by atoms with Crippen molar-refractivity contribution in [2.45, 2.75) is 6.43 Å². The number of aromatic nitrogens is 1. The van der Waals surface area contributed by atoms with Crippen LogP contribution in [0.2, 0.25) is 5.15 Å². The van der Waals surface area contributed by atoms with E-state index in [1.54, 1.807) is 22.6 Å². The van der Waals surface area contributed by atoms with Crippen molar-refractivity contribution in [3.8, 4) is 0 Å². The number of hydrogen-bond donors (Lipinski definition) is 1. The molecule has 0 fully saturated rings. The fourth-order valence-corrected chi connectivity index (χ4v) is 1.48. The summed E-state index contributed by atoms with van der Waals surface area (Å²) in [6, 6.07) is 1.37. The summed E-state index contributed by atoms with van der Waals surface area (Å²) in [6.07, 6.45) is -2.62. The SMILES string of the molecule is Nc1cc(I)c(C(F)F)nc1Cl. The molecule has 0 amide bonds. The number of halogens is 4. The van der Waals surface area contributed by atoms with Gasteiger partial charge < -0.3 is 5.73 Å². The van der Waals surface area contributed by atoms with E-state index in [9.17, 15) is 8.78 Å². The molecule has 6 heteroatoms. The van der Waals surface area contributed by atoms with Gasteiger partial charge in [0, 0.05) is 3.57 Å². The maximum Gasteiger partial charge on any atom is 0.281 e. The molecule has 12 heavy (non-hydrogen) atoms. The van der Waals surface area contributed by atoms with Crippen molar-refractivity contribution < 1.29 is 8.78 Å². The highest BCUT2D eigenvalue weighted by Gasteiger charge is 2.15. The first kappa shape index (κ1) is 9.91. The molecule has 0 aliphatic carbocycles. The van der Waals surface area contributed by atoms with Gasteiger partial charge in [-0.1, -0.05) is 11.6 Å². The lowest BCUT2D eigenvalue weighted by molar-refractivity contribution is 0.145. The summed E-state index contributed by atoms with van der Waals surface area (Å²) in [5.41, 5.74) is 5.23. The van der Waals surface area contributed by atoms with E-state index < -0.39 is 6.43 Å². The zero-order chi connectivity index (χ0) is 9.30. The van der Waals surface area contributed by atoms with Crippen LogP contribution in [0.15, 0.2) is 6.07 Å². The summed E-state index contributed by atoms with van der Waals surface area (Å²) in [4.78, 5) is 3.45. The predicted octanol–water partition coefficient (Wildman–Crippen LogP) is 2.86. The first-order valence-corrected chi connectivity index (χ1v) is 4.37. The number of nitrogen functional groups attached to an aromatic ring is 1. The lowest BCUT2D eigenvalue weighted by atomic mass is 10.3. The van der Waals surface area contributed by atoms with E-state index in [0.717, 1.165) is 0 Å². The van der Waals surface area contributed by atoms with Gasteiger partial charge >= 0.3 is 0 Å². The standard InChI is InChI=1S/C6H4ClF2IN2/c7-5-3(11)1-2(10)4(12-5)6(8)9/h1,6H,11H2. The van der Waals surface area contributed by atoms with Crippen molar-refractivity contribution >= 4 is 39.9 Å². The molecule has 0 unspecified atom stereocenters. The molecule has 2 nitrogen and oxygen atoms in total. The van der Waals surface area contributed by atoms with Crippen LogP contribution in [0.1, 0.15) is 12.1 Å². The molecule has 2 N–H and O–H groups in total. The van der Waals surface area contributed by atoms with Crippen molar-refractivity contribution in [2.75, 3.05) is 5.73 Å². The topological polar surface area (TPSA) is 38.9 Å². The van der Waals surface area contributed by atoms with Crippen LogP contribution >= 0.6 is 34.2 Å². The molecule has 0 aliphatic heterocycles. The molecule has 0 radical (unpaired) electrons. The second-order valence-corrected chi connectivity index (χ2v) is 3.56. The molecule has 0 spiro atoms. The second-order valence-electron chi connectivity index (χ2n) is 2.04. The van der Waals surface area contributed by atoms with Crippen LogP contribution in [0.25, 0.3) is 0 Å². The lowest BCUT2D eigenvalue weighted by Crippen LogP contribution is -1.98. The van der Waals surface area contributed by atoms with Gasteiger partial charge in [-0.2, -0.15) is 0 Å². The highest BCUT2D eigenvalue weighted by atomic mass is 127. The molecule has 1 aromatic heterocycles. The zero-order valence-corrected chi connectivity index (χ0v) is 8.60. The minimum absolute atomic E-state index is 0.0780. The largest absolute Gasteiger partial charge is 0.396 e. The van der Waals surface area contributed by atoms with Crippen LogP contribution < -0.4 is 5.73 Å². The van der Waals surface area contributed by atoms with Crippen LogP contribution in [0, 0.1) is 3.57 Å². The number of hydrogen-bond acceptors (Lipinski definition) is 2. The van der Waals surface area contributed by atoms with Crippen molar-refractivity contribution in [3.05, 3.63) is 20.5 Å². The van der Waals surface area contributed by atoms with Gasteiger partial charge in [0.1, 0.15) is 5.69 Å². The highest BCUT2D eigenvalue weighted by Crippen LogP contribution is 2.27. The van der Waals surface area contributed by atoms with Crippen molar-refractivity contribution in [3.63, 3.8) is 0 Å². The van der Waals surface area contributed by atoms with Gasteiger partial charge in [-0.25, -0.2) is 13.8 Å². The first-order chi connectivity index (χ1) is 5.52. The van der Waals surface area contributed by atoms with Crippen LogP contribution in [0.3, 0.4) is 0 Å². The highest BCUT2D eigenvalue weighted by molar-refractivity contribution is 14.1. The third-order valence-corrected chi connectivity index (χ3v) is 2.36. The molecule has 66 valence electrons. The Balaban J connectivity index is 3.23. The van der Waals surface area contributed by atoms with Crippen molar-refractivity contribution in [2.24, 2.45) is 0 Å². The molecule has 1 heterocycles. The molecule has 0 saturated heterocycles. The van der Waals surface area contributed by atoms with Gasteiger partial charge in [0.25, 0.3) is 6.43 Å². The van der Waals surface area contributed by atoms with Crippen LogP contribution in [0.4, 0.5) is 14.5 Å². The molecule has 0 bridgehead atoms. The van der Waals surface area contributed by atoms with Crippen molar-refractivity contribution in [1.82, 2.24) is 4.98 Å². The summed E-state index contributed by atoms with van der Waals surface area (Å²) in [5.74, 6) is 0. The number of anilines is 1. The summed E-state index contributed by atoms with van der Waals surface area (Å²) in [6.45, 7) is 0. The number of pyridine rings is 1. The van der Waals surface area contributed by atoms with Gasteiger partial charge in [0.2, 0.25) is 0 Å². The third kappa shape index (κ3) is 1.95. The Morgan fingerprint density at radius 2 is 2.17 bits per heavy atom. The minimum Gasteiger partial charge on any atom is -0.396 e. The Morgan fingerprint density at radius 3 is 2.67 bits per heavy atom. The fraction of sp³-hybridized carbons (Fsp3) is 0.167. The molecule has 0 saturated carbocycles. The number of rotatable bonds is 1. The normalized spacial score (nSPS) is 10.8. The number of nitrogens with zero attached hydrogens (tertiary/aromatic N) is 1. The summed E-state index contributed by atoms with van der Waals surface area (Å²) in [5, 5.41) is -0.0780. The fourth-order valence-electron chi connectivity index (χ4n) is 0.647. The number of alkyl halides is 2. The maximum absolute atomic E-state index is 12.2. The Hall–Kier alpha value is -0.170. The maximum atomic E-state index is 12.2. The van der Waals surface area contributed by atoms with Crippen molar-refractivity contribution in [1.29, 1.82) is 0 Å². The van der Waals surface area contributed by atoms with Gasteiger partial charge in [-0.05, 0) is 28.7 Å². The lowest BCUT2D eigenvalue weighted by Gasteiger charge is -2.04. The van der Waals surface area contributed by atoms with Crippen LogP contribution in [-0.4, -0.2) is 4.98 Å². The van der Waals surface area contributed by atoms with E-state index in [2.05, 4.69) is 4.98 Å². The van der Waals surface area contributed by atoms with E-state index in [0.29, 0.717) is 3.57 Å². The molecule has 0 atom stereocenters. The van der Waals surface area contributed by atoms with Crippen LogP contribution in [-0.2, 0) is 0 Å². The zero-order valence-electron chi connectivity index (χ0n) is 5.69.